The highest BCUT2D eigenvalue weighted by Gasteiger charge is 2.26. The van der Waals surface area contributed by atoms with Crippen LogP contribution in [0.4, 0.5) is 0 Å². The predicted molar refractivity (Wildman–Crippen MR) is 108 cm³/mol. The van der Waals surface area contributed by atoms with Crippen molar-refractivity contribution in [3.05, 3.63) is 35.9 Å². The molecule has 1 amide bonds. The molecule has 25 heavy (non-hydrogen) atoms. The molecule has 4 nitrogen and oxygen atoms in total. The average Bonchev–Trinajstić information content (AvgIpc) is 3.35. The van der Waals surface area contributed by atoms with Gasteiger partial charge in [0.15, 0.2) is 0 Å². The minimum absolute atomic E-state index is 0. The number of amides is 1. The molecule has 0 spiro atoms. The number of nitrogens with one attached hydrogen (secondary N) is 2. The third kappa shape index (κ3) is 7.53. The van der Waals surface area contributed by atoms with E-state index in [1.165, 1.54) is 18.4 Å². The highest BCUT2D eigenvalue weighted by Crippen LogP contribution is 2.27. The smallest absolute Gasteiger partial charge is 0.234 e. The fourth-order valence-electron chi connectivity index (χ4n) is 3.40. The van der Waals surface area contributed by atoms with Gasteiger partial charge in [-0.15, -0.1) is 24.8 Å². The minimum atomic E-state index is 0. The zero-order chi connectivity index (χ0) is 16.1. The van der Waals surface area contributed by atoms with Gasteiger partial charge in [-0.25, -0.2) is 0 Å². The van der Waals surface area contributed by atoms with E-state index in [-0.39, 0.29) is 30.7 Å². The standard InChI is InChI=1S/C19H29N3O.2ClH/c1-15-11-18(21-19(23)13-20-12-16-7-8-16)9-10-22(15)14-17-5-3-2-4-6-17;;/h2-6,15-16,18,20H,7-14H2,1H3,(H,21,23);2*1H. The van der Waals surface area contributed by atoms with E-state index >= 15 is 0 Å². The number of rotatable bonds is 7. The van der Waals surface area contributed by atoms with Crippen LogP contribution < -0.4 is 10.6 Å². The summed E-state index contributed by atoms with van der Waals surface area (Å²) in [5.41, 5.74) is 1.37. The van der Waals surface area contributed by atoms with E-state index in [0.29, 0.717) is 18.6 Å². The van der Waals surface area contributed by atoms with Crippen LogP contribution in [0.3, 0.4) is 0 Å². The van der Waals surface area contributed by atoms with E-state index in [1.807, 2.05) is 0 Å². The van der Waals surface area contributed by atoms with Crippen molar-refractivity contribution in [2.75, 3.05) is 19.6 Å². The maximum Gasteiger partial charge on any atom is 0.234 e. The lowest BCUT2D eigenvalue weighted by Crippen LogP contribution is -2.50. The van der Waals surface area contributed by atoms with Gasteiger partial charge in [0.1, 0.15) is 0 Å². The van der Waals surface area contributed by atoms with Gasteiger partial charge in [-0.3, -0.25) is 9.69 Å². The Balaban J connectivity index is 0.00000156. The van der Waals surface area contributed by atoms with Crippen molar-refractivity contribution >= 4 is 30.7 Å². The van der Waals surface area contributed by atoms with Gasteiger partial charge >= 0.3 is 0 Å². The van der Waals surface area contributed by atoms with Crippen molar-refractivity contribution in [1.82, 2.24) is 15.5 Å². The molecule has 1 saturated carbocycles. The molecule has 2 fully saturated rings. The Morgan fingerprint density at radius 1 is 1.16 bits per heavy atom. The Morgan fingerprint density at radius 3 is 2.52 bits per heavy atom. The van der Waals surface area contributed by atoms with Crippen LogP contribution in [-0.2, 0) is 11.3 Å². The molecule has 2 unspecified atom stereocenters. The molecule has 0 radical (unpaired) electrons. The third-order valence-corrected chi connectivity index (χ3v) is 5.02. The second kappa shape index (κ2) is 11.0. The molecule has 2 N–H and O–H groups in total. The van der Waals surface area contributed by atoms with E-state index in [9.17, 15) is 4.79 Å². The number of hydrogen-bond donors (Lipinski definition) is 2. The largest absolute Gasteiger partial charge is 0.352 e. The summed E-state index contributed by atoms with van der Waals surface area (Å²) in [6.45, 7) is 5.79. The summed E-state index contributed by atoms with van der Waals surface area (Å²) in [6, 6.07) is 11.5. The summed E-state index contributed by atoms with van der Waals surface area (Å²) in [5, 5.41) is 6.47. The van der Waals surface area contributed by atoms with E-state index in [1.54, 1.807) is 0 Å². The van der Waals surface area contributed by atoms with E-state index in [4.69, 9.17) is 0 Å². The fraction of sp³-hybridized carbons (Fsp3) is 0.632. The SMILES string of the molecule is CC1CC(NC(=O)CNCC2CC2)CCN1Cc1ccccc1.Cl.Cl. The Morgan fingerprint density at radius 2 is 1.88 bits per heavy atom. The van der Waals surface area contributed by atoms with Crippen LogP contribution in [0.5, 0.6) is 0 Å². The number of nitrogens with zero attached hydrogens (tertiary/aromatic N) is 1. The number of likely N-dealkylation sites (tertiary alicyclic amines) is 1. The van der Waals surface area contributed by atoms with Crippen molar-refractivity contribution in [1.29, 1.82) is 0 Å². The third-order valence-electron chi connectivity index (χ3n) is 5.02. The first-order valence-electron chi connectivity index (χ1n) is 8.99. The molecule has 2 atom stereocenters. The highest BCUT2D eigenvalue weighted by molar-refractivity contribution is 5.85. The van der Waals surface area contributed by atoms with Gasteiger partial charge in [0.2, 0.25) is 5.91 Å². The second-order valence-corrected chi connectivity index (χ2v) is 7.17. The van der Waals surface area contributed by atoms with Crippen LogP contribution in [0, 0.1) is 5.92 Å². The number of benzene rings is 1. The number of hydrogen-bond acceptors (Lipinski definition) is 3. The lowest BCUT2D eigenvalue weighted by Gasteiger charge is -2.38. The van der Waals surface area contributed by atoms with Gasteiger partial charge in [-0.1, -0.05) is 30.3 Å². The van der Waals surface area contributed by atoms with Crippen molar-refractivity contribution in [2.24, 2.45) is 5.92 Å². The Hall–Kier alpha value is -0.810. The first kappa shape index (κ1) is 22.2. The average molecular weight is 388 g/mol. The number of piperidine rings is 1. The molecule has 3 rings (SSSR count). The Bertz CT molecular complexity index is 511. The summed E-state index contributed by atoms with van der Waals surface area (Å²) < 4.78 is 0. The van der Waals surface area contributed by atoms with Gasteiger partial charge in [0.25, 0.3) is 0 Å². The molecule has 6 heteroatoms. The van der Waals surface area contributed by atoms with Crippen LogP contribution in [0.1, 0.15) is 38.2 Å². The maximum absolute atomic E-state index is 12.0. The first-order chi connectivity index (χ1) is 11.2. The van der Waals surface area contributed by atoms with Crippen molar-refractivity contribution < 1.29 is 4.79 Å². The molecule has 0 bridgehead atoms. The maximum atomic E-state index is 12.0. The summed E-state index contributed by atoms with van der Waals surface area (Å²) in [4.78, 5) is 14.5. The molecule has 1 aromatic carbocycles. The van der Waals surface area contributed by atoms with Gasteiger partial charge in [-0.05, 0) is 50.6 Å². The number of carbonyl (C=O) groups excluding carboxylic acids is 1. The summed E-state index contributed by atoms with van der Waals surface area (Å²) in [6.07, 6.45) is 4.74. The molecule has 142 valence electrons. The van der Waals surface area contributed by atoms with Gasteiger partial charge in [0, 0.05) is 25.2 Å². The molecular weight excluding hydrogens is 357 g/mol. The van der Waals surface area contributed by atoms with Gasteiger partial charge < -0.3 is 10.6 Å². The van der Waals surface area contributed by atoms with Crippen LogP contribution in [0.25, 0.3) is 0 Å². The lowest BCUT2D eigenvalue weighted by molar-refractivity contribution is -0.121. The molecule has 1 heterocycles. The Labute approximate surface area is 163 Å². The van der Waals surface area contributed by atoms with Crippen molar-refractivity contribution in [3.8, 4) is 0 Å². The summed E-state index contributed by atoms with van der Waals surface area (Å²) in [7, 11) is 0. The monoisotopic (exact) mass is 387 g/mol. The molecule has 1 aliphatic heterocycles. The molecule has 0 aromatic heterocycles. The number of carbonyl (C=O) groups is 1. The molecule has 1 saturated heterocycles. The lowest BCUT2D eigenvalue weighted by atomic mass is 9.97. The molecule has 2 aliphatic rings. The Kier molecular flexibility index (Phi) is 9.80. The summed E-state index contributed by atoms with van der Waals surface area (Å²) in [5.74, 6) is 0.975. The summed E-state index contributed by atoms with van der Waals surface area (Å²) >= 11 is 0. The van der Waals surface area contributed by atoms with Gasteiger partial charge in [0.05, 0.1) is 6.54 Å². The second-order valence-electron chi connectivity index (χ2n) is 7.17. The first-order valence-corrected chi connectivity index (χ1v) is 8.99. The van der Waals surface area contributed by atoms with E-state index in [0.717, 1.165) is 38.4 Å². The fourth-order valence-corrected chi connectivity index (χ4v) is 3.40. The zero-order valence-electron chi connectivity index (χ0n) is 14.9. The van der Waals surface area contributed by atoms with E-state index in [2.05, 4.69) is 52.8 Å². The minimum Gasteiger partial charge on any atom is -0.352 e. The predicted octanol–water partition coefficient (Wildman–Crippen LogP) is 3.00. The zero-order valence-corrected chi connectivity index (χ0v) is 16.6. The van der Waals surface area contributed by atoms with Crippen LogP contribution in [0.15, 0.2) is 30.3 Å². The molecule has 1 aromatic rings. The van der Waals surface area contributed by atoms with Crippen molar-refractivity contribution in [2.45, 2.75) is 51.2 Å². The quantitative estimate of drug-likeness (QED) is 0.755. The molecular formula is C19H31Cl2N3O. The van der Waals surface area contributed by atoms with Crippen LogP contribution >= 0.6 is 24.8 Å². The number of halogens is 2. The molecule has 1 aliphatic carbocycles. The van der Waals surface area contributed by atoms with Crippen molar-refractivity contribution in [3.63, 3.8) is 0 Å². The highest BCUT2D eigenvalue weighted by atomic mass is 35.5. The van der Waals surface area contributed by atoms with E-state index < -0.39 is 0 Å². The van der Waals surface area contributed by atoms with Crippen LogP contribution in [0.2, 0.25) is 0 Å². The topological polar surface area (TPSA) is 44.4 Å². The normalized spacial score (nSPS) is 23.2. The van der Waals surface area contributed by atoms with Gasteiger partial charge in [-0.2, -0.15) is 0 Å². The van der Waals surface area contributed by atoms with Crippen LogP contribution in [-0.4, -0.2) is 42.5 Å².